The van der Waals surface area contributed by atoms with Crippen LogP contribution in [0.2, 0.25) is 0 Å². The van der Waals surface area contributed by atoms with Crippen molar-refractivity contribution in [3.8, 4) is 0 Å². The Morgan fingerprint density at radius 1 is 1.56 bits per heavy atom. The van der Waals surface area contributed by atoms with Gasteiger partial charge in [0.2, 0.25) is 0 Å². The van der Waals surface area contributed by atoms with Crippen molar-refractivity contribution in [2.45, 2.75) is 32.9 Å². The molecule has 0 radical (unpaired) electrons. The Morgan fingerprint density at radius 3 is 2.81 bits per heavy atom. The molecule has 1 rings (SSSR count). The Labute approximate surface area is 95.0 Å². The lowest BCUT2D eigenvalue weighted by molar-refractivity contribution is 0.00554. The molecule has 0 spiro atoms. The summed E-state index contributed by atoms with van der Waals surface area (Å²) in [6, 6.07) is 0. The normalized spacial score (nSPS) is 11.5. The van der Waals surface area contributed by atoms with Crippen molar-refractivity contribution in [1.82, 2.24) is 20.1 Å². The van der Waals surface area contributed by atoms with Gasteiger partial charge < -0.3 is 10.1 Å². The zero-order valence-electron chi connectivity index (χ0n) is 10.1. The van der Waals surface area contributed by atoms with Gasteiger partial charge >= 0.3 is 5.97 Å². The van der Waals surface area contributed by atoms with Gasteiger partial charge in [0.15, 0.2) is 0 Å². The summed E-state index contributed by atoms with van der Waals surface area (Å²) in [6.07, 6.45) is 1.52. The molecule has 1 heterocycles. The summed E-state index contributed by atoms with van der Waals surface area (Å²) in [5.41, 5.74) is -0.520. The van der Waals surface area contributed by atoms with E-state index >= 15 is 0 Å². The lowest BCUT2D eigenvalue weighted by Gasteiger charge is -2.17. The first-order valence-corrected chi connectivity index (χ1v) is 5.20. The fourth-order valence-corrected chi connectivity index (χ4v) is 1.05. The maximum Gasteiger partial charge on any atom is 0.378 e. The Kier molecular flexibility index (Phi) is 4.00. The van der Waals surface area contributed by atoms with E-state index in [0.29, 0.717) is 6.54 Å². The maximum absolute atomic E-state index is 11.6. The third kappa shape index (κ3) is 3.98. The fourth-order valence-electron chi connectivity index (χ4n) is 1.05. The molecule has 0 saturated heterocycles. The van der Waals surface area contributed by atoms with Gasteiger partial charge in [0.05, 0.1) is 6.54 Å². The summed E-state index contributed by atoms with van der Waals surface area (Å²) >= 11 is 0. The van der Waals surface area contributed by atoms with E-state index in [1.54, 1.807) is 4.68 Å². The van der Waals surface area contributed by atoms with E-state index in [1.165, 1.54) is 6.33 Å². The van der Waals surface area contributed by atoms with Crippen LogP contribution in [-0.4, -0.2) is 39.9 Å². The Bertz CT molecular complexity index is 354. The molecule has 1 aromatic heterocycles. The Balaban J connectivity index is 2.60. The highest BCUT2D eigenvalue weighted by molar-refractivity contribution is 5.85. The van der Waals surface area contributed by atoms with Crippen molar-refractivity contribution in [1.29, 1.82) is 0 Å². The number of ether oxygens (including phenoxy) is 1. The molecule has 1 N–H and O–H groups in total. The zero-order valence-corrected chi connectivity index (χ0v) is 10.1. The van der Waals surface area contributed by atoms with Crippen molar-refractivity contribution >= 4 is 5.97 Å². The Hall–Kier alpha value is -1.43. The van der Waals surface area contributed by atoms with E-state index in [-0.39, 0.29) is 5.82 Å². The number of aromatic nitrogens is 3. The number of esters is 1. The minimum atomic E-state index is -0.520. The van der Waals surface area contributed by atoms with Crippen molar-refractivity contribution in [2.24, 2.45) is 0 Å². The molecule has 0 saturated carbocycles. The molecule has 0 aromatic carbocycles. The molecule has 90 valence electrons. The van der Waals surface area contributed by atoms with Gasteiger partial charge in [-0.1, -0.05) is 0 Å². The minimum absolute atomic E-state index is 0.103. The van der Waals surface area contributed by atoms with Gasteiger partial charge in [-0.15, -0.1) is 5.10 Å². The number of hydrogen-bond donors (Lipinski definition) is 1. The molecule has 0 fully saturated rings. The van der Waals surface area contributed by atoms with Crippen molar-refractivity contribution in [3.05, 3.63) is 12.2 Å². The number of carbonyl (C=O) groups excluding carboxylic acids is 1. The average molecular weight is 226 g/mol. The molecular weight excluding hydrogens is 208 g/mol. The quantitative estimate of drug-likeness (QED) is 0.755. The van der Waals surface area contributed by atoms with Crippen LogP contribution in [0.3, 0.4) is 0 Å². The monoisotopic (exact) mass is 226 g/mol. The van der Waals surface area contributed by atoms with Crippen LogP contribution in [0.1, 0.15) is 31.4 Å². The summed E-state index contributed by atoms with van der Waals surface area (Å²) in [7, 11) is 1.85. The van der Waals surface area contributed by atoms with E-state index in [9.17, 15) is 4.79 Å². The third-order valence-corrected chi connectivity index (χ3v) is 1.71. The van der Waals surface area contributed by atoms with Crippen molar-refractivity contribution < 1.29 is 9.53 Å². The molecule has 1 aromatic rings. The third-order valence-electron chi connectivity index (χ3n) is 1.71. The van der Waals surface area contributed by atoms with Gasteiger partial charge in [-0.2, -0.15) is 0 Å². The van der Waals surface area contributed by atoms with Crippen LogP contribution in [-0.2, 0) is 11.3 Å². The van der Waals surface area contributed by atoms with E-state index in [1.807, 2.05) is 27.8 Å². The van der Waals surface area contributed by atoms with Gasteiger partial charge in [-0.25, -0.2) is 9.78 Å². The topological polar surface area (TPSA) is 69.0 Å². The summed E-state index contributed by atoms with van der Waals surface area (Å²) in [5.74, 6) is -0.387. The van der Waals surface area contributed by atoms with Crippen molar-refractivity contribution in [3.63, 3.8) is 0 Å². The molecule has 0 aliphatic carbocycles. The van der Waals surface area contributed by atoms with Gasteiger partial charge in [0.1, 0.15) is 11.9 Å². The van der Waals surface area contributed by atoms with Crippen LogP contribution in [0.25, 0.3) is 0 Å². The Morgan fingerprint density at radius 2 is 2.25 bits per heavy atom. The van der Waals surface area contributed by atoms with Crippen LogP contribution in [0.15, 0.2) is 6.33 Å². The number of rotatable bonds is 4. The smallest absolute Gasteiger partial charge is 0.378 e. The first kappa shape index (κ1) is 12.6. The maximum atomic E-state index is 11.6. The van der Waals surface area contributed by atoms with Gasteiger partial charge in [0, 0.05) is 6.54 Å². The SMILES string of the molecule is CNCCn1cnc(C(=O)OC(C)(C)C)n1. The van der Waals surface area contributed by atoms with Crippen LogP contribution in [0.5, 0.6) is 0 Å². The van der Waals surface area contributed by atoms with E-state index in [2.05, 4.69) is 15.4 Å². The highest BCUT2D eigenvalue weighted by atomic mass is 16.6. The van der Waals surface area contributed by atoms with Crippen LogP contribution in [0, 0.1) is 0 Å². The average Bonchev–Trinajstić information content (AvgIpc) is 2.60. The highest BCUT2D eigenvalue weighted by Crippen LogP contribution is 2.09. The van der Waals surface area contributed by atoms with Crippen LogP contribution >= 0.6 is 0 Å². The minimum Gasteiger partial charge on any atom is -0.454 e. The molecule has 6 heteroatoms. The number of likely N-dealkylation sites (N-methyl/N-ethyl adjacent to an activating group) is 1. The van der Waals surface area contributed by atoms with Gasteiger partial charge in [-0.3, -0.25) is 4.68 Å². The molecule has 16 heavy (non-hydrogen) atoms. The van der Waals surface area contributed by atoms with Crippen LogP contribution < -0.4 is 5.32 Å². The molecule has 0 unspecified atom stereocenters. The molecule has 0 aliphatic heterocycles. The summed E-state index contributed by atoms with van der Waals surface area (Å²) in [4.78, 5) is 15.5. The molecule has 0 aliphatic rings. The first-order valence-electron chi connectivity index (χ1n) is 5.20. The number of hydrogen-bond acceptors (Lipinski definition) is 5. The van der Waals surface area contributed by atoms with E-state index < -0.39 is 11.6 Å². The molecule has 0 amide bonds. The second-order valence-corrected chi connectivity index (χ2v) is 4.44. The van der Waals surface area contributed by atoms with Gasteiger partial charge in [-0.05, 0) is 27.8 Å². The lowest BCUT2D eigenvalue weighted by atomic mass is 10.2. The summed E-state index contributed by atoms with van der Waals surface area (Å²) < 4.78 is 6.76. The van der Waals surface area contributed by atoms with Crippen molar-refractivity contribution in [2.75, 3.05) is 13.6 Å². The predicted octanol–water partition coefficient (Wildman–Crippen LogP) is 0.453. The second kappa shape index (κ2) is 5.07. The second-order valence-electron chi connectivity index (χ2n) is 4.44. The highest BCUT2D eigenvalue weighted by Gasteiger charge is 2.20. The number of nitrogens with one attached hydrogen (secondary N) is 1. The summed E-state index contributed by atoms with van der Waals surface area (Å²) in [5, 5.41) is 7.01. The number of carbonyl (C=O) groups is 1. The summed E-state index contributed by atoms with van der Waals surface area (Å²) in [6.45, 7) is 6.87. The zero-order chi connectivity index (χ0) is 12.2. The van der Waals surface area contributed by atoms with Crippen LogP contribution in [0.4, 0.5) is 0 Å². The molecule has 0 bridgehead atoms. The molecule has 6 nitrogen and oxygen atoms in total. The molecular formula is C10H18N4O2. The van der Waals surface area contributed by atoms with E-state index in [0.717, 1.165) is 6.54 Å². The fraction of sp³-hybridized carbons (Fsp3) is 0.700. The largest absolute Gasteiger partial charge is 0.454 e. The number of nitrogens with zero attached hydrogens (tertiary/aromatic N) is 3. The standard InChI is InChI=1S/C10H18N4O2/c1-10(2,3)16-9(15)8-12-7-14(13-8)6-5-11-4/h7,11H,5-6H2,1-4H3. The van der Waals surface area contributed by atoms with E-state index in [4.69, 9.17) is 4.74 Å². The first-order chi connectivity index (χ1) is 7.42. The predicted molar refractivity (Wildman–Crippen MR) is 59.1 cm³/mol. The molecule has 0 atom stereocenters. The van der Waals surface area contributed by atoms with Gasteiger partial charge in [0.25, 0.3) is 5.82 Å². The lowest BCUT2D eigenvalue weighted by Crippen LogP contribution is -2.24.